The molecular weight excluding hydrogens is 256 g/mol. The number of hydrogen-bond donors (Lipinski definition) is 0. The summed E-state index contributed by atoms with van der Waals surface area (Å²) < 4.78 is 5.01. The van der Waals surface area contributed by atoms with E-state index in [0.29, 0.717) is 24.5 Å². The molecule has 0 bridgehead atoms. The molecule has 1 fully saturated rings. The fraction of sp³-hybridized carbons (Fsp3) is 0.429. The van der Waals surface area contributed by atoms with Crippen molar-refractivity contribution in [2.45, 2.75) is 25.7 Å². The molecule has 0 aromatic carbocycles. The predicted octanol–water partition coefficient (Wildman–Crippen LogP) is 1.79. The molecule has 0 spiro atoms. The van der Waals surface area contributed by atoms with E-state index in [1.165, 1.54) is 0 Å². The van der Waals surface area contributed by atoms with Crippen molar-refractivity contribution in [3.63, 3.8) is 0 Å². The molecule has 0 N–H and O–H groups in total. The number of pyridine rings is 1. The van der Waals surface area contributed by atoms with E-state index in [-0.39, 0.29) is 11.8 Å². The molecule has 1 aliphatic heterocycles. The first kappa shape index (κ1) is 12.8. The Hall–Kier alpha value is -2.24. The van der Waals surface area contributed by atoms with Gasteiger partial charge < -0.3 is 9.42 Å². The van der Waals surface area contributed by atoms with Crippen LogP contribution in [0.5, 0.6) is 0 Å². The third-order valence-electron chi connectivity index (χ3n) is 3.60. The van der Waals surface area contributed by atoms with Crippen LogP contribution < -0.4 is 0 Å². The summed E-state index contributed by atoms with van der Waals surface area (Å²) in [6, 6.07) is 3.58. The van der Waals surface area contributed by atoms with Gasteiger partial charge in [0.15, 0.2) is 5.82 Å². The molecule has 2 aromatic heterocycles. The standard InChI is InChI=1S/C14H16N4O2/c1-10-16-13(17-20-10)11-4-7-18(8-5-11)14(19)12-3-2-6-15-9-12/h2-3,6,9,11H,4-5,7-8H2,1H3. The molecule has 1 saturated heterocycles. The van der Waals surface area contributed by atoms with Crippen LogP contribution in [0.1, 0.15) is 40.8 Å². The number of carbonyl (C=O) groups is 1. The lowest BCUT2D eigenvalue weighted by Gasteiger charge is -2.30. The van der Waals surface area contributed by atoms with Crippen LogP contribution >= 0.6 is 0 Å². The lowest BCUT2D eigenvalue weighted by atomic mass is 9.96. The van der Waals surface area contributed by atoms with Gasteiger partial charge in [-0.2, -0.15) is 4.98 Å². The quantitative estimate of drug-likeness (QED) is 0.833. The van der Waals surface area contributed by atoms with Gasteiger partial charge in [0, 0.05) is 38.3 Å². The van der Waals surface area contributed by atoms with Gasteiger partial charge in [0.05, 0.1) is 5.56 Å². The highest BCUT2D eigenvalue weighted by molar-refractivity contribution is 5.93. The minimum atomic E-state index is 0.0424. The second-order valence-electron chi connectivity index (χ2n) is 4.98. The highest BCUT2D eigenvalue weighted by atomic mass is 16.5. The van der Waals surface area contributed by atoms with E-state index in [1.54, 1.807) is 31.5 Å². The Morgan fingerprint density at radius 3 is 2.80 bits per heavy atom. The topological polar surface area (TPSA) is 72.1 Å². The van der Waals surface area contributed by atoms with Gasteiger partial charge >= 0.3 is 0 Å². The van der Waals surface area contributed by atoms with Crippen LogP contribution in [0.3, 0.4) is 0 Å². The number of carbonyl (C=O) groups excluding carboxylic acids is 1. The maximum Gasteiger partial charge on any atom is 0.255 e. The van der Waals surface area contributed by atoms with E-state index < -0.39 is 0 Å². The second kappa shape index (κ2) is 5.40. The van der Waals surface area contributed by atoms with Gasteiger partial charge in [0.25, 0.3) is 5.91 Å². The third-order valence-corrected chi connectivity index (χ3v) is 3.60. The fourth-order valence-electron chi connectivity index (χ4n) is 2.49. The Balaban J connectivity index is 1.63. The Labute approximate surface area is 116 Å². The van der Waals surface area contributed by atoms with E-state index in [2.05, 4.69) is 15.1 Å². The first-order chi connectivity index (χ1) is 9.74. The predicted molar refractivity (Wildman–Crippen MR) is 71.2 cm³/mol. The lowest BCUT2D eigenvalue weighted by molar-refractivity contribution is 0.0710. The maximum absolute atomic E-state index is 12.3. The average molecular weight is 272 g/mol. The number of piperidine rings is 1. The van der Waals surface area contributed by atoms with Gasteiger partial charge in [0.2, 0.25) is 5.89 Å². The second-order valence-corrected chi connectivity index (χ2v) is 4.98. The van der Waals surface area contributed by atoms with Gasteiger partial charge in [-0.25, -0.2) is 0 Å². The number of aromatic nitrogens is 3. The van der Waals surface area contributed by atoms with Crippen molar-refractivity contribution in [1.29, 1.82) is 0 Å². The van der Waals surface area contributed by atoms with Gasteiger partial charge in [-0.15, -0.1) is 0 Å². The first-order valence-electron chi connectivity index (χ1n) is 6.73. The Morgan fingerprint density at radius 1 is 1.40 bits per heavy atom. The molecule has 0 saturated carbocycles. The third kappa shape index (κ3) is 2.54. The highest BCUT2D eigenvalue weighted by Crippen LogP contribution is 2.26. The lowest BCUT2D eigenvalue weighted by Crippen LogP contribution is -2.38. The molecule has 20 heavy (non-hydrogen) atoms. The monoisotopic (exact) mass is 272 g/mol. The van der Waals surface area contributed by atoms with Crippen LogP contribution in [0.25, 0.3) is 0 Å². The highest BCUT2D eigenvalue weighted by Gasteiger charge is 2.27. The molecule has 1 amide bonds. The summed E-state index contributed by atoms with van der Waals surface area (Å²) in [5, 5.41) is 3.97. The van der Waals surface area contributed by atoms with Crippen LogP contribution in [-0.2, 0) is 0 Å². The zero-order valence-corrected chi connectivity index (χ0v) is 11.3. The molecule has 0 atom stereocenters. The van der Waals surface area contributed by atoms with Crippen LogP contribution in [0, 0.1) is 6.92 Å². The number of nitrogens with zero attached hydrogens (tertiary/aromatic N) is 4. The summed E-state index contributed by atoms with van der Waals surface area (Å²) in [7, 11) is 0. The van der Waals surface area contributed by atoms with Crippen molar-refractivity contribution in [2.75, 3.05) is 13.1 Å². The minimum Gasteiger partial charge on any atom is -0.340 e. The molecule has 6 nitrogen and oxygen atoms in total. The number of rotatable bonds is 2. The minimum absolute atomic E-state index is 0.0424. The molecule has 104 valence electrons. The maximum atomic E-state index is 12.3. The van der Waals surface area contributed by atoms with E-state index in [9.17, 15) is 4.79 Å². The summed E-state index contributed by atoms with van der Waals surface area (Å²) in [6.45, 7) is 3.22. The zero-order chi connectivity index (χ0) is 13.9. The van der Waals surface area contributed by atoms with Gasteiger partial charge in [-0.3, -0.25) is 9.78 Å². The summed E-state index contributed by atoms with van der Waals surface area (Å²) in [5.74, 6) is 1.68. The number of likely N-dealkylation sites (tertiary alicyclic amines) is 1. The number of amides is 1. The molecule has 1 aliphatic rings. The first-order valence-corrected chi connectivity index (χ1v) is 6.73. The largest absolute Gasteiger partial charge is 0.340 e. The van der Waals surface area contributed by atoms with Crippen molar-refractivity contribution >= 4 is 5.91 Å². The van der Waals surface area contributed by atoms with Crippen LogP contribution in [0.2, 0.25) is 0 Å². The number of aryl methyl sites for hydroxylation is 1. The summed E-state index contributed by atoms with van der Waals surface area (Å²) in [6.07, 6.45) is 5.01. The van der Waals surface area contributed by atoms with Crippen molar-refractivity contribution < 1.29 is 9.32 Å². The Kier molecular flexibility index (Phi) is 3.45. The van der Waals surface area contributed by atoms with Crippen molar-refractivity contribution in [3.8, 4) is 0 Å². The molecule has 0 aliphatic carbocycles. The zero-order valence-electron chi connectivity index (χ0n) is 11.3. The molecule has 3 rings (SSSR count). The Morgan fingerprint density at radius 2 is 2.20 bits per heavy atom. The van der Waals surface area contributed by atoms with Gasteiger partial charge in [-0.1, -0.05) is 5.16 Å². The van der Waals surface area contributed by atoms with E-state index in [4.69, 9.17) is 4.52 Å². The van der Waals surface area contributed by atoms with E-state index in [1.807, 2.05) is 4.90 Å². The van der Waals surface area contributed by atoms with E-state index >= 15 is 0 Å². The van der Waals surface area contributed by atoms with Crippen molar-refractivity contribution in [3.05, 3.63) is 41.8 Å². The fourth-order valence-corrected chi connectivity index (χ4v) is 2.49. The van der Waals surface area contributed by atoms with Gasteiger partial charge in [-0.05, 0) is 25.0 Å². The SMILES string of the molecule is Cc1nc(C2CCN(C(=O)c3cccnc3)CC2)no1. The number of hydrogen-bond acceptors (Lipinski definition) is 5. The van der Waals surface area contributed by atoms with Crippen molar-refractivity contribution in [1.82, 2.24) is 20.0 Å². The smallest absolute Gasteiger partial charge is 0.255 e. The molecule has 2 aromatic rings. The molecule has 6 heteroatoms. The Bertz CT molecular complexity index is 588. The van der Waals surface area contributed by atoms with Crippen LogP contribution in [-0.4, -0.2) is 39.0 Å². The van der Waals surface area contributed by atoms with Crippen LogP contribution in [0.4, 0.5) is 0 Å². The molecule has 0 unspecified atom stereocenters. The van der Waals surface area contributed by atoms with Gasteiger partial charge in [0.1, 0.15) is 0 Å². The van der Waals surface area contributed by atoms with Crippen LogP contribution in [0.15, 0.2) is 29.0 Å². The molecule has 0 radical (unpaired) electrons. The summed E-state index contributed by atoms with van der Waals surface area (Å²) >= 11 is 0. The van der Waals surface area contributed by atoms with Crippen molar-refractivity contribution in [2.24, 2.45) is 0 Å². The van der Waals surface area contributed by atoms with E-state index in [0.717, 1.165) is 18.7 Å². The molecular formula is C14H16N4O2. The average Bonchev–Trinajstić information content (AvgIpc) is 2.94. The molecule has 3 heterocycles. The normalized spacial score (nSPS) is 16.4. The summed E-state index contributed by atoms with van der Waals surface area (Å²) in [5.41, 5.74) is 0.640. The summed E-state index contributed by atoms with van der Waals surface area (Å²) in [4.78, 5) is 22.4.